The van der Waals surface area contributed by atoms with E-state index in [1.54, 1.807) is 60.7 Å². The molecule has 0 heterocycles. The molecule has 100 valence electrons. The van der Waals surface area contributed by atoms with E-state index in [2.05, 4.69) is 0 Å². The van der Waals surface area contributed by atoms with Gasteiger partial charge < -0.3 is 5.11 Å². The lowest BCUT2D eigenvalue weighted by Gasteiger charge is -2.25. The van der Waals surface area contributed by atoms with Gasteiger partial charge in [-0.05, 0) is 11.1 Å². The molecule has 0 aromatic heterocycles. The highest BCUT2D eigenvalue weighted by atomic mass is 19.4. The molecule has 0 saturated carbocycles. The van der Waals surface area contributed by atoms with Crippen molar-refractivity contribution in [3.8, 4) is 0 Å². The normalized spacial score (nSPS) is 13.5. The maximum atomic E-state index is 12.8. The number of alkyl halides is 3. The van der Waals surface area contributed by atoms with Gasteiger partial charge in [0.1, 0.15) is 0 Å². The lowest BCUT2D eigenvalue weighted by atomic mass is 9.86. The summed E-state index contributed by atoms with van der Waals surface area (Å²) >= 11 is 0. The number of rotatable bonds is 3. The van der Waals surface area contributed by atoms with Crippen LogP contribution in [0.2, 0.25) is 0 Å². The lowest BCUT2D eigenvalue weighted by Crippen LogP contribution is -2.35. The van der Waals surface area contributed by atoms with Crippen LogP contribution < -0.4 is 0 Å². The summed E-state index contributed by atoms with van der Waals surface area (Å²) in [5, 5.41) is 9.63. The van der Waals surface area contributed by atoms with Gasteiger partial charge in [0.25, 0.3) is 0 Å². The molecule has 0 aliphatic carbocycles. The molecule has 0 radical (unpaired) electrons. The number of benzene rings is 2. The van der Waals surface area contributed by atoms with E-state index < -0.39 is 18.2 Å². The molecule has 1 N–H and O–H groups in total. The smallest absolute Gasteiger partial charge is 0.383 e. The molecule has 0 amide bonds. The Morgan fingerprint density at radius 3 is 1.42 bits per heavy atom. The van der Waals surface area contributed by atoms with Gasteiger partial charge in [-0.3, -0.25) is 0 Å². The largest absolute Gasteiger partial charge is 0.415 e. The molecule has 0 aliphatic rings. The molecule has 0 aliphatic heterocycles. The first kappa shape index (κ1) is 13.6. The third-order valence-corrected chi connectivity index (χ3v) is 2.97. The zero-order valence-electron chi connectivity index (χ0n) is 10.0. The van der Waals surface area contributed by atoms with E-state index in [1.807, 2.05) is 0 Å². The highest BCUT2D eigenvalue weighted by Gasteiger charge is 2.44. The molecular weight excluding hydrogens is 253 g/mol. The maximum absolute atomic E-state index is 12.8. The van der Waals surface area contributed by atoms with Crippen LogP contribution in [0.25, 0.3) is 0 Å². The Morgan fingerprint density at radius 1 is 0.737 bits per heavy atom. The molecule has 0 spiro atoms. The lowest BCUT2D eigenvalue weighted by molar-refractivity contribution is -0.207. The van der Waals surface area contributed by atoms with Gasteiger partial charge in [-0.2, -0.15) is 13.2 Å². The van der Waals surface area contributed by atoms with Crippen molar-refractivity contribution in [2.45, 2.75) is 18.2 Å². The second kappa shape index (κ2) is 5.45. The first-order chi connectivity index (χ1) is 9.00. The zero-order chi connectivity index (χ0) is 13.9. The van der Waals surface area contributed by atoms with Crippen molar-refractivity contribution in [2.24, 2.45) is 0 Å². The molecule has 2 aromatic carbocycles. The van der Waals surface area contributed by atoms with Crippen LogP contribution in [0, 0.1) is 0 Å². The Bertz CT molecular complexity index is 468. The topological polar surface area (TPSA) is 20.2 Å². The van der Waals surface area contributed by atoms with Crippen LogP contribution in [-0.2, 0) is 0 Å². The van der Waals surface area contributed by atoms with Crippen molar-refractivity contribution in [2.75, 3.05) is 0 Å². The van der Waals surface area contributed by atoms with Crippen LogP contribution in [0.5, 0.6) is 0 Å². The Balaban J connectivity index is 2.46. The summed E-state index contributed by atoms with van der Waals surface area (Å²) in [6.45, 7) is 0. The number of hydrogen-bond donors (Lipinski definition) is 1. The maximum Gasteiger partial charge on any atom is 0.415 e. The van der Waals surface area contributed by atoms with Crippen molar-refractivity contribution in [3.05, 3.63) is 71.8 Å². The number of aliphatic hydroxyl groups is 1. The van der Waals surface area contributed by atoms with Gasteiger partial charge in [-0.1, -0.05) is 60.7 Å². The minimum absolute atomic E-state index is 0.443. The fourth-order valence-corrected chi connectivity index (χ4v) is 2.07. The van der Waals surface area contributed by atoms with Crippen LogP contribution >= 0.6 is 0 Å². The molecule has 0 fully saturated rings. The molecule has 1 nitrogen and oxygen atoms in total. The molecule has 1 atom stereocenters. The second-order valence-corrected chi connectivity index (χ2v) is 4.29. The number of aliphatic hydroxyl groups excluding tert-OH is 1. The Morgan fingerprint density at radius 2 is 1.11 bits per heavy atom. The average Bonchev–Trinajstić information content (AvgIpc) is 2.40. The van der Waals surface area contributed by atoms with E-state index in [4.69, 9.17) is 0 Å². The SMILES string of the molecule is OC(C(c1ccccc1)c1ccccc1)C(F)(F)F. The van der Waals surface area contributed by atoms with Gasteiger partial charge in [-0.25, -0.2) is 0 Å². The minimum atomic E-state index is -4.66. The highest BCUT2D eigenvalue weighted by molar-refractivity contribution is 5.34. The van der Waals surface area contributed by atoms with Crippen LogP contribution in [-0.4, -0.2) is 17.4 Å². The van der Waals surface area contributed by atoms with Crippen LogP contribution in [0.3, 0.4) is 0 Å². The Kier molecular flexibility index (Phi) is 3.90. The predicted molar refractivity (Wildman–Crippen MR) is 66.8 cm³/mol. The van der Waals surface area contributed by atoms with E-state index in [-0.39, 0.29) is 0 Å². The predicted octanol–water partition coefficient (Wildman–Crippen LogP) is 3.74. The van der Waals surface area contributed by atoms with Gasteiger partial charge in [0.2, 0.25) is 0 Å². The third-order valence-electron chi connectivity index (χ3n) is 2.97. The van der Waals surface area contributed by atoms with Gasteiger partial charge >= 0.3 is 6.18 Å². The highest BCUT2D eigenvalue weighted by Crippen LogP contribution is 2.36. The molecule has 19 heavy (non-hydrogen) atoms. The third kappa shape index (κ3) is 3.15. The fraction of sp³-hybridized carbons (Fsp3) is 0.200. The van der Waals surface area contributed by atoms with Crippen molar-refractivity contribution in [3.63, 3.8) is 0 Å². The minimum Gasteiger partial charge on any atom is -0.383 e. The quantitative estimate of drug-likeness (QED) is 0.897. The van der Waals surface area contributed by atoms with Crippen molar-refractivity contribution < 1.29 is 18.3 Å². The summed E-state index contributed by atoms with van der Waals surface area (Å²) in [4.78, 5) is 0. The Hall–Kier alpha value is -1.81. The first-order valence-electron chi connectivity index (χ1n) is 5.85. The summed E-state index contributed by atoms with van der Waals surface area (Å²) in [5.74, 6) is -1.11. The first-order valence-corrected chi connectivity index (χ1v) is 5.85. The van der Waals surface area contributed by atoms with Crippen LogP contribution in [0.1, 0.15) is 17.0 Å². The van der Waals surface area contributed by atoms with E-state index in [1.165, 1.54) is 0 Å². The van der Waals surface area contributed by atoms with E-state index >= 15 is 0 Å². The molecule has 2 aromatic rings. The summed E-state index contributed by atoms with van der Waals surface area (Å²) in [7, 11) is 0. The molecule has 0 bridgehead atoms. The van der Waals surface area contributed by atoms with Gasteiger partial charge in [0.15, 0.2) is 6.10 Å². The van der Waals surface area contributed by atoms with E-state index in [9.17, 15) is 18.3 Å². The molecule has 1 unspecified atom stereocenters. The monoisotopic (exact) mass is 266 g/mol. The van der Waals surface area contributed by atoms with Crippen molar-refractivity contribution in [1.29, 1.82) is 0 Å². The van der Waals surface area contributed by atoms with E-state index in [0.717, 1.165) is 0 Å². The molecule has 2 rings (SSSR count). The molecular formula is C15H13F3O. The average molecular weight is 266 g/mol. The number of halogens is 3. The molecule has 0 saturated heterocycles. The van der Waals surface area contributed by atoms with E-state index in [0.29, 0.717) is 11.1 Å². The molecule has 4 heteroatoms. The van der Waals surface area contributed by atoms with Gasteiger partial charge in [-0.15, -0.1) is 0 Å². The Labute approximate surface area is 109 Å². The van der Waals surface area contributed by atoms with Crippen molar-refractivity contribution in [1.82, 2.24) is 0 Å². The summed E-state index contributed by atoms with van der Waals surface area (Å²) in [5.41, 5.74) is 0.886. The van der Waals surface area contributed by atoms with Crippen molar-refractivity contribution >= 4 is 0 Å². The summed E-state index contributed by atoms with van der Waals surface area (Å²) in [6.07, 6.45) is -7.08. The van der Waals surface area contributed by atoms with Gasteiger partial charge in [0, 0.05) is 5.92 Å². The van der Waals surface area contributed by atoms with Crippen LogP contribution in [0.4, 0.5) is 13.2 Å². The summed E-state index contributed by atoms with van der Waals surface area (Å²) in [6, 6.07) is 16.5. The van der Waals surface area contributed by atoms with Crippen LogP contribution in [0.15, 0.2) is 60.7 Å². The standard InChI is InChI=1S/C15H13F3O/c16-15(17,18)14(19)13(11-7-3-1-4-8-11)12-9-5-2-6-10-12/h1-10,13-14,19H. The fourth-order valence-electron chi connectivity index (χ4n) is 2.07. The summed E-state index contributed by atoms with van der Waals surface area (Å²) < 4.78 is 38.5. The second-order valence-electron chi connectivity index (χ2n) is 4.29. The number of hydrogen-bond acceptors (Lipinski definition) is 1. The zero-order valence-corrected chi connectivity index (χ0v) is 10.0. The van der Waals surface area contributed by atoms with Gasteiger partial charge in [0.05, 0.1) is 0 Å².